The van der Waals surface area contributed by atoms with E-state index in [1.807, 2.05) is 30.3 Å². The molecular weight excluding hydrogens is 236 g/mol. The van der Waals surface area contributed by atoms with Gasteiger partial charge >= 0.3 is 5.97 Å². The number of hydrogen-bond acceptors (Lipinski definition) is 2. The summed E-state index contributed by atoms with van der Waals surface area (Å²) in [6.07, 6.45) is 1.53. The summed E-state index contributed by atoms with van der Waals surface area (Å²) >= 11 is 5.24. The first kappa shape index (κ1) is 11.9. The van der Waals surface area contributed by atoms with Crippen LogP contribution in [0.3, 0.4) is 0 Å². The van der Waals surface area contributed by atoms with E-state index in [1.165, 1.54) is 0 Å². The lowest BCUT2D eigenvalue weighted by Crippen LogP contribution is -2.42. The third-order valence-corrected chi connectivity index (χ3v) is 3.16. The van der Waals surface area contributed by atoms with Gasteiger partial charge in [-0.2, -0.15) is 0 Å². The van der Waals surface area contributed by atoms with Gasteiger partial charge in [0.2, 0.25) is 0 Å². The number of rotatable bonds is 2. The number of likely N-dealkylation sites (tertiary alicyclic amines) is 1. The number of carboxylic acid groups (broad SMARTS) is 1. The van der Waals surface area contributed by atoms with E-state index in [-0.39, 0.29) is 0 Å². The zero-order chi connectivity index (χ0) is 12.3. The molecule has 2 rings (SSSR count). The largest absolute Gasteiger partial charge is 0.480 e. The molecule has 2 N–H and O–H groups in total. The average Bonchev–Trinajstić information content (AvgIpc) is 2.79. The Hall–Kier alpha value is -1.62. The molecule has 5 heteroatoms. The van der Waals surface area contributed by atoms with E-state index in [0.717, 1.165) is 12.1 Å². The molecule has 0 spiro atoms. The molecule has 0 unspecified atom stereocenters. The van der Waals surface area contributed by atoms with Crippen LogP contribution in [-0.4, -0.2) is 33.7 Å². The summed E-state index contributed by atoms with van der Waals surface area (Å²) in [5.41, 5.74) is 0.883. The van der Waals surface area contributed by atoms with Crippen LogP contribution in [0.15, 0.2) is 30.3 Å². The number of carbonyl (C=O) groups is 1. The van der Waals surface area contributed by atoms with Crippen LogP contribution in [0.25, 0.3) is 0 Å². The molecule has 1 atom stereocenters. The summed E-state index contributed by atoms with van der Waals surface area (Å²) in [5, 5.41) is 12.6. The van der Waals surface area contributed by atoms with Crippen molar-refractivity contribution in [3.63, 3.8) is 0 Å². The summed E-state index contributed by atoms with van der Waals surface area (Å²) in [4.78, 5) is 12.8. The Kier molecular flexibility index (Phi) is 3.58. The van der Waals surface area contributed by atoms with Gasteiger partial charge in [-0.05, 0) is 37.2 Å². The SMILES string of the molecule is O=C(O)[C@@H]1CCCN1C(=S)Nc1ccccc1. The fraction of sp³-hybridized carbons (Fsp3) is 0.333. The highest BCUT2D eigenvalue weighted by Gasteiger charge is 2.31. The predicted molar refractivity (Wildman–Crippen MR) is 70.0 cm³/mol. The van der Waals surface area contributed by atoms with E-state index in [1.54, 1.807) is 4.90 Å². The second kappa shape index (κ2) is 5.14. The van der Waals surface area contributed by atoms with E-state index >= 15 is 0 Å². The quantitative estimate of drug-likeness (QED) is 0.786. The van der Waals surface area contributed by atoms with Crippen LogP contribution < -0.4 is 5.32 Å². The molecular formula is C12H14N2O2S. The molecule has 90 valence electrons. The van der Waals surface area contributed by atoms with Crippen LogP contribution in [0, 0.1) is 0 Å². The second-order valence-electron chi connectivity index (χ2n) is 3.99. The van der Waals surface area contributed by atoms with Crippen LogP contribution >= 0.6 is 12.2 Å². The van der Waals surface area contributed by atoms with Gasteiger partial charge in [0, 0.05) is 12.2 Å². The molecule has 0 amide bonds. The molecule has 0 radical (unpaired) electrons. The van der Waals surface area contributed by atoms with Crippen molar-refractivity contribution in [1.29, 1.82) is 0 Å². The molecule has 0 aromatic heterocycles. The maximum Gasteiger partial charge on any atom is 0.326 e. The van der Waals surface area contributed by atoms with Crippen molar-refractivity contribution in [2.45, 2.75) is 18.9 Å². The lowest BCUT2D eigenvalue weighted by atomic mass is 10.2. The van der Waals surface area contributed by atoms with E-state index in [9.17, 15) is 4.79 Å². The number of thiocarbonyl (C=S) groups is 1. The van der Waals surface area contributed by atoms with Gasteiger partial charge in [-0.3, -0.25) is 0 Å². The summed E-state index contributed by atoms with van der Waals surface area (Å²) in [5.74, 6) is -0.806. The highest BCUT2D eigenvalue weighted by Crippen LogP contribution is 2.19. The number of nitrogens with one attached hydrogen (secondary N) is 1. The lowest BCUT2D eigenvalue weighted by molar-refractivity contribution is -0.140. The Labute approximate surface area is 105 Å². The van der Waals surface area contributed by atoms with Gasteiger partial charge in [-0.15, -0.1) is 0 Å². The number of aliphatic carboxylic acids is 1. The minimum atomic E-state index is -0.806. The lowest BCUT2D eigenvalue weighted by Gasteiger charge is -2.24. The van der Waals surface area contributed by atoms with Gasteiger partial charge in [0.15, 0.2) is 5.11 Å². The topological polar surface area (TPSA) is 52.6 Å². The van der Waals surface area contributed by atoms with Crippen molar-refractivity contribution in [3.05, 3.63) is 30.3 Å². The Morgan fingerprint density at radius 2 is 2.12 bits per heavy atom. The zero-order valence-corrected chi connectivity index (χ0v) is 10.1. The molecule has 17 heavy (non-hydrogen) atoms. The van der Waals surface area contributed by atoms with E-state index in [0.29, 0.717) is 18.1 Å². The predicted octanol–water partition coefficient (Wildman–Crippen LogP) is 1.93. The first-order valence-corrected chi connectivity index (χ1v) is 5.95. The molecule has 1 aromatic rings. The summed E-state index contributed by atoms with van der Waals surface area (Å²) in [7, 11) is 0. The molecule has 1 fully saturated rings. The maximum absolute atomic E-state index is 11.0. The highest BCUT2D eigenvalue weighted by molar-refractivity contribution is 7.80. The van der Waals surface area contributed by atoms with Crippen LogP contribution in [-0.2, 0) is 4.79 Å². The Morgan fingerprint density at radius 1 is 1.41 bits per heavy atom. The van der Waals surface area contributed by atoms with Crippen molar-refractivity contribution in [1.82, 2.24) is 4.90 Å². The maximum atomic E-state index is 11.0. The van der Waals surface area contributed by atoms with Crippen molar-refractivity contribution >= 4 is 29.0 Å². The minimum absolute atomic E-state index is 0.487. The number of para-hydroxylation sites is 1. The minimum Gasteiger partial charge on any atom is -0.480 e. The van der Waals surface area contributed by atoms with E-state index in [4.69, 9.17) is 17.3 Å². The van der Waals surface area contributed by atoms with Crippen molar-refractivity contribution in [2.24, 2.45) is 0 Å². The van der Waals surface area contributed by atoms with E-state index < -0.39 is 12.0 Å². The molecule has 4 nitrogen and oxygen atoms in total. The van der Waals surface area contributed by atoms with Crippen LogP contribution in [0.2, 0.25) is 0 Å². The first-order chi connectivity index (χ1) is 8.18. The molecule has 1 aromatic carbocycles. The van der Waals surface area contributed by atoms with Crippen molar-refractivity contribution in [2.75, 3.05) is 11.9 Å². The average molecular weight is 250 g/mol. The smallest absolute Gasteiger partial charge is 0.326 e. The molecule has 1 saturated heterocycles. The molecule has 1 aliphatic rings. The summed E-state index contributed by atoms with van der Waals surface area (Å²) < 4.78 is 0. The standard InChI is InChI=1S/C12H14N2O2S/c15-11(16)10-7-4-8-14(10)12(17)13-9-5-2-1-3-6-9/h1-3,5-6,10H,4,7-8H2,(H,13,17)(H,15,16)/t10-/m0/s1. The van der Waals surface area contributed by atoms with E-state index in [2.05, 4.69) is 5.32 Å². The van der Waals surface area contributed by atoms with Gasteiger partial charge in [0.05, 0.1) is 0 Å². The highest BCUT2D eigenvalue weighted by atomic mass is 32.1. The van der Waals surface area contributed by atoms with Gasteiger partial charge in [-0.25, -0.2) is 4.79 Å². The summed E-state index contributed by atoms with van der Waals surface area (Å²) in [6, 6.07) is 9.05. The van der Waals surface area contributed by atoms with Crippen LogP contribution in [0.5, 0.6) is 0 Å². The monoisotopic (exact) mass is 250 g/mol. The molecule has 0 bridgehead atoms. The van der Waals surface area contributed by atoms with Crippen molar-refractivity contribution < 1.29 is 9.90 Å². The van der Waals surface area contributed by atoms with Gasteiger partial charge < -0.3 is 15.3 Å². The van der Waals surface area contributed by atoms with Gasteiger partial charge in [0.25, 0.3) is 0 Å². The summed E-state index contributed by atoms with van der Waals surface area (Å²) in [6.45, 7) is 0.704. The fourth-order valence-electron chi connectivity index (χ4n) is 1.98. The molecule has 1 heterocycles. The fourth-order valence-corrected chi connectivity index (χ4v) is 2.32. The number of nitrogens with zero attached hydrogens (tertiary/aromatic N) is 1. The number of hydrogen-bond donors (Lipinski definition) is 2. The number of benzene rings is 1. The Balaban J connectivity index is 2.03. The third-order valence-electron chi connectivity index (χ3n) is 2.82. The van der Waals surface area contributed by atoms with Crippen molar-refractivity contribution in [3.8, 4) is 0 Å². The third kappa shape index (κ3) is 2.74. The molecule has 1 aliphatic heterocycles. The number of carboxylic acids is 1. The van der Waals surface area contributed by atoms with Crippen LogP contribution in [0.4, 0.5) is 5.69 Å². The zero-order valence-electron chi connectivity index (χ0n) is 9.30. The Bertz CT molecular complexity index is 422. The number of anilines is 1. The Morgan fingerprint density at radius 3 is 2.76 bits per heavy atom. The van der Waals surface area contributed by atoms with Gasteiger partial charge in [0.1, 0.15) is 6.04 Å². The second-order valence-corrected chi connectivity index (χ2v) is 4.37. The normalized spacial score (nSPS) is 19.1. The molecule has 0 aliphatic carbocycles. The van der Waals surface area contributed by atoms with Crippen LogP contribution in [0.1, 0.15) is 12.8 Å². The van der Waals surface area contributed by atoms with Gasteiger partial charge in [-0.1, -0.05) is 18.2 Å². The molecule has 0 saturated carbocycles. The first-order valence-electron chi connectivity index (χ1n) is 5.54.